The van der Waals surface area contributed by atoms with Gasteiger partial charge in [0.15, 0.2) is 5.76 Å². The molecule has 0 saturated carbocycles. The van der Waals surface area contributed by atoms with Crippen LogP contribution in [0.1, 0.15) is 16.1 Å². The largest absolute Gasteiger partial charge is 0.451 e. The number of rotatable bonds is 6. The maximum Gasteiger partial charge on any atom is 0.307 e. The first-order chi connectivity index (χ1) is 17.0. The van der Waals surface area contributed by atoms with Crippen molar-refractivity contribution in [2.45, 2.75) is 6.54 Å². The number of hydrogen-bond donors (Lipinski definition) is 2. The minimum atomic E-state index is -0.504. The second kappa shape index (κ2) is 9.44. The molecule has 0 aliphatic carbocycles. The molecule has 2 heterocycles. The van der Waals surface area contributed by atoms with E-state index in [0.717, 1.165) is 10.9 Å². The van der Waals surface area contributed by atoms with Crippen molar-refractivity contribution in [1.29, 1.82) is 0 Å². The zero-order valence-corrected chi connectivity index (χ0v) is 18.9. The molecule has 0 aliphatic heterocycles. The highest BCUT2D eigenvalue weighted by Gasteiger charge is 2.13. The SMILES string of the molecule is O=C(Cn1cc(/C=N/NC(=O)c2cc3cc(Cl)ccc3o2)c2ccccc21)Nc1ccc(F)cc1. The quantitative estimate of drug-likeness (QED) is 0.241. The van der Waals surface area contributed by atoms with Crippen LogP contribution in [-0.2, 0) is 11.3 Å². The number of aromatic nitrogens is 1. The van der Waals surface area contributed by atoms with Crippen molar-refractivity contribution < 1.29 is 18.4 Å². The lowest BCUT2D eigenvalue weighted by molar-refractivity contribution is -0.116. The van der Waals surface area contributed by atoms with Gasteiger partial charge < -0.3 is 14.3 Å². The van der Waals surface area contributed by atoms with Crippen molar-refractivity contribution in [3.05, 3.63) is 101 Å². The molecule has 0 unspecified atom stereocenters. The van der Waals surface area contributed by atoms with Crippen molar-refractivity contribution in [2.24, 2.45) is 5.10 Å². The van der Waals surface area contributed by atoms with Crippen LogP contribution in [0.5, 0.6) is 0 Å². The lowest BCUT2D eigenvalue weighted by atomic mass is 10.2. The van der Waals surface area contributed by atoms with Gasteiger partial charge in [-0.15, -0.1) is 0 Å². The smallest absolute Gasteiger partial charge is 0.307 e. The summed E-state index contributed by atoms with van der Waals surface area (Å²) in [5.41, 5.74) is 5.05. The van der Waals surface area contributed by atoms with Gasteiger partial charge in [0.2, 0.25) is 5.91 Å². The summed E-state index contributed by atoms with van der Waals surface area (Å²) in [4.78, 5) is 25.0. The van der Waals surface area contributed by atoms with E-state index in [9.17, 15) is 14.0 Å². The highest BCUT2D eigenvalue weighted by atomic mass is 35.5. The zero-order valence-electron chi connectivity index (χ0n) is 18.2. The number of halogens is 2. The van der Waals surface area contributed by atoms with E-state index in [0.29, 0.717) is 27.2 Å². The van der Waals surface area contributed by atoms with Gasteiger partial charge in [-0.25, -0.2) is 9.82 Å². The number of nitrogens with one attached hydrogen (secondary N) is 2. The fourth-order valence-electron chi connectivity index (χ4n) is 3.74. The first-order valence-corrected chi connectivity index (χ1v) is 11.0. The monoisotopic (exact) mass is 488 g/mol. The van der Waals surface area contributed by atoms with Gasteiger partial charge in [-0.1, -0.05) is 29.8 Å². The van der Waals surface area contributed by atoms with Crippen LogP contribution in [-0.4, -0.2) is 22.6 Å². The number of hydrogen-bond acceptors (Lipinski definition) is 4. The molecular formula is C26H18ClFN4O3. The fourth-order valence-corrected chi connectivity index (χ4v) is 3.92. The Bertz CT molecular complexity index is 1590. The average Bonchev–Trinajstić information content (AvgIpc) is 3.42. The molecule has 0 fully saturated rings. The summed E-state index contributed by atoms with van der Waals surface area (Å²) in [5.74, 6) is -1.03. The van der Waals surface area contributed by atoms with E-state index >= 15 is 0 Å². The van der Waals surface area contributed by atoms with Gasteiger partial charge in [0.1, 0.15) is 17.9 Å². The number of hydrazone groups is 1. The summed E-state index contributed by atoms with van der Waals surface area (Å²) in [6, 6.07) is 19.8. The Morgan fingerprint density at radius 3 is 2.69 bits per heavy atom. The summed E-state index contributed by atoms with van der Waals surface area (Å²) in [5, 5.41) is 8.93. The number of furan rings is 1. The molecule has 35 heavy (non-hydrogen) atoms. The third-order valence-electron chi connectivity index (χ3n) is 5.33. The number of carbonyl (C=O) groups excluding carboxylic acids is 2. The molecule has 0 saturated heterocycles. The number of benzene rings is 3. The summed E-state index contributed by atoms with van der Waals surface area (Å²) in [7, 11) is 0. The van der Waals surface area contributed by atoms with Crippen LogP contribution in [0.15, 0.2) is 88.5 Å². The number of amides is 2. The molecule has 0 spiro atoms. The van der Waals surface area contributed by atoms with E-state index in [-0.39, 0.29) is 24.0 Å². The predicted octanol–water partition coefficient (Wildman–Crippen LogP) is 5.58. The highest BCUT2D eigenvalue weighted by Crippen LogP contribution is 2.23. The molecule has 2 N–H and O–H groups in total. The molecule has 2 aromatic heterocycles. The molecule has 0 bridgehead atoms. The van der Waals surface area contributed by atoms with E-state index in [1.54, 1.807) is 35.0 Å². The van der Waals surface area contributed by atoms with E-state index < -0.39 is 5.91 Å². The Morgan fingerprint density at radius 2 is 1.86 bits per heavy atom. The maximum atomic E-state index is 13.1. The number of nitrogens with zero attached hydrogens (tertiary/aromatic N) is 2. The van der Waals surface area contributed by atoms with E-state index in [4.69, 9.17) is 16.0 Å². The molecule has 5 rings (SSSR count). The van der Waals surface area contributed by atoms with Crippen LogP contribution >= 0.6 is 11.6 Å². The average molecular weight is 489 g/mol. The van der Waals surface area contributed by atoms with Gasteiger partial charge in [-0.3, -0.25) is 9.59 Å². The standard InChI is InChI=1S/C26H18ClFN4O3/c27-18-5-10-23-16(11-18)12-24(35-23)26(34)31-29-13-17-14-32(22-4-2-1-3-21(17)22)15-25(33)30-20-8-6-19(28)7-9-20/h1-14H,15H2,(H,30,33)(H,31,34)/b29-13+. The molecule has 0 aliphatic rings. The van der Waals surface area contributed by atoms with Gasteiger partial charge in [0.25, 0.3) is 0 Å². The van der Waals surface area contributed by atoms with Gasteiger partial charge >= 0.3 is 5.91 Å². The fraction of sp³-hybridized carbons (Fsp3) is 0.0385. The molecule has 5 aromatic rings. The number of carbonyl (C=O) groups is 2. The first kappa shape index (κ1) is 22.4. The number of fused-ring (bicyclic) bond motifs is 2. The van der Waals surface area contributed by atoms with Crippen molar-refractivity contribution in [1.82, 2.24) is 9.99 Å². The van der Waals surface area contributed by atoms with E-state index in [1.165, 1.54) is 30.5 Å². The number of anilines is 1. The van der Waals surface area contributed by atoms with Crippen molar-refractivity contribution in [2.75, 3.05) is 5.32 Å². The summed E-state index contributed by atoms with van der Waals surface area (Å²) in [6.45, 7) is 0.0413. The normalized spacial score (nSPS) is 11.4. The van der Waals surface area contributed by atoms with Crippen molar-refractivity contribution >= 4 is 57.2 Å². The molecule has 174 valence electrons. The second-order valence-corrected chi connectivity index (χ2v) is 8.21. The Labute approximate surface area is 203 Å². The lowest BCUT2D eigenvalue weighted by Gasteiger charge is -2.07. The predicted molar refractivity (Wildman–Crippen MR) is 133 cm³/mol. The topological polar surface area (TPSA) is 88.6 Å². The minimum Gasteiger partial charge on any atom is -0.451 e. The van der Waals surface area contributed by atoms with Crippen LogP contribution in [0, 0.1) is 5.82 Å². The third-order valence-corrected chi connectivity index (χ3v) is 5.57. The van der Waals surface area contributed by atoms with Crippen LogP contribution in [0.2, 0.25) is 5.02 Å². The van der Waals surface area contributed by atoms with Gasteiger partial charge in [-0.05, 0) is 54.6 Å². The van der Waals surface area contributed by atoms with Gasteiger partial charge in [0, 0.05) is 38.8 Å². The first-order valence-electron chi connectivity index (χ1n) is 10.6. The van der Waals surface area contributed by atoms with Crippen LogP contribution < -0.4 is 10.7 Å². The van der Waals surface area contributed by atoms with E-state index in [1.807, 2.05) is 24.3 Å². The van der Waals surface area contributed by atoms with Crippen LogP contribution in [0.4, 0.5) is 10.1 Å². The van der Waals surface area contributed by atoms with Gasteiger partial charge in [0.05, 0.1) is 6.21 Å². The van der Waals surface area contributed by atoms with Crippen molar-refractivity contribution in [3.8, 4) is 0 Å². The lowest BCUT2D eigenvalue weighted by Crippen LogP contribution is -2.18. The molecule has 9 heteroatoms. The molecular weight excluding hydrogens is 471 g/mol. The summed E-state index contributed by atoms with van der Waals surface area (Å²) < 4.78 is 20.4. The minimum absolute atomic E-state index is 0.0413. The Hall–Kier alpha value is -4.43. The maximum absolute atomic E-state index is 13.1. The van der Waals surface area contributed by atoms with Crippen LogP contribution in [0.3, 0.4) is 0 Å². The molecule has 7 nitrogen and oxygen atoms in total. The number of para-hydroxylation sites is 1. The second-order valence-electron chi connectivity index (χ2n) is 7.78. The van der Waals surface area contributed by atoms with E-state index in [2.05, 4.69) is 15.8 Å². The highest BCUT2D eigenvalue weighted by molar-refractivity contribution is 6.31. The summed E-state index contributed by atoms with van der Waals surface area (Å²) >= 11 is 5.98. The Morgan fingerprint density at radius 1 is 1.06 bits per heavy atom. The summed E-state index contributed by atoms with van der Waals surface area (Å²) in [6.07, 6.45) is 3.28. The molecule has 0 atom stereocenters. The molecule has 3 aromatic carbocycles. The molecule has 0 radical (unpaired) electrons. The Balaban J connectivity index is 1.31. The Kier molecular flexibility index (Phi) is 6.03. The zero-order chi connectivity index (χ0) is 24.4. The third kappa shape index (κ3) is 4.92. The molecule has 2 amide bonds. The van der Waals surface area contributed by atoms with Crippen LogP contribution in [0.25, 0.3) is 21.9 Å². The van der Waals surface area contributed by atoms with Gasteiger partial charge in [-0.2, -0.15) is 5.10 Å². The van der Waals surface area contributed by atoms with Crippen molar-refractivity contribution in [3.63, 3.8) is 0 Å².